The van der Waals surface area contributed by atoms with Gasteiger partial charge < -0.3 is 10.8 Å². The first kappa shape index (κ1) is 7.41. The molecule has 0 saturated heterocycles. The minimum Gasteiger partial charge on any atom is -0.508 e. The van der Waals surface area contributed by atoms with Crippen LogP contribution in [-0.4, -0.2) is 5.11 Å². The zero-order chi connectivity index (χ0) is 7.56. The molecule has 0 radical (unpaired) electrons. The molecule has 0 fully saturated rings. The maximum atomic E-state index is 8.99. The number of aromatic hydroxyl groups is 1. The number of nitrogen functional groups attached to an aromatic ring is 1. The minimum atomic E-state index is 0.253. The van der Waals surface area contributed by atoms with E-state index >= 15 is 0 Å². The van der Waals surface area contributed by atoms with Gasteiger partial charge in [-0.15, -0.1) is 0 Å². The number of benzene rings is 1. The third kappa shape index (κ3) is 1.42. The SMILES string of the molecule is Nc1ccc(O)cc1CBr. The van der Waals surface area contributed by atoms with E-state index in [0.717, 1.165) is 5.56 Å². The van der Waals surface area contributed by atoms with Crippen molar-refractivity contribution in [3.05, 3.63) is 23.8 Å². The normalized spacial score (nSPS) is 9.70. The van der Waals surface area contributed by atoms with Gasteiger partial charge in [0.2, 0.25) is 0 Å². The van der Waals surface area contributed by atoms with Crippen molar-refractivity contribution >= 4 is 21.6 Å². The summed E-state index contributed by atoms with van der Waals surface area (Å²) in [5, 5.41) is 9.67. The van der Waals surface area contributed by atoms with E-state index in [-0.39, 0.29) is 5.75 Å². The van der Waals surface area contributed by atoms with Gasteiger partial charge in [-0.3, -0.25) is 0 Å². The largest absolute Gasteiger partial charge is 0.508 e. The lowest BCUT2D eigenvalue weighted by molar-refractivity contribution is 0.475. The van der Waals surface area contributed by atoms with Crippen LogP contribution in [0.15, 0.2) is 18.2 Å². The van der Waals surface area contributed by atoms with Gasteiger partial charge >= 0.3 is 0 Å². The first-order chi connectivity index (χ1) is 4.74. The molecule has 0 spiro atoms. The van der Waals surface area contributed by atoms with Crippen LogP contribution in [0.25, 0.3) is 0 Å². The highest BCUT2D eigenvalue weighted by Crippen LogP contribution is 2.20. The van der Waals surface area contributed by atoms with Gasteiger partial charge in [-0.05, 0) is 23.8 Å². The number of nitrogens with two attached hydrogens (primary N) is 1. The summed E-state index contributed by atoms with van der Waals surface area (Å²) in [6.45, 7) is 0. The maximum absolute atomic E-state index is 8.99. The maximum Gasteiger partial charge on any atom is 0.116 e. The molecule has 0 bridgehead atoms. The number of phenols is 1. The van der Waals surface area contributed by atoms with Crippen molar-refractivity contribution in [3.8, 4) is 5.75 Å². The fourth-order valence-electron chi connectivity index (χ4n) is 0.708. The Labute approximate surface area is 67.8 Å². The Hall–Kier alpha value is -0.700. The van der Waals surface area contributed by atoms with Crippen molar-refractivity contribution in [2.75, 3.05) is 5.73 Å². The van der Waals surface area contributed by atoms with E-state index in [0.29, 0.717) is 11.0 Å². The molecule has 1 aromatic rings. The third-order valence-corrected chi connectivity index (χ3v) is 1.87. The molecule has 1 rings (SSSR count). The molecular weight excluding hydrogens is 194 g/mol. The van der Waals surface area contributed by atoms with Gasteiger partial charge in [0.25, 0.3) is 0 Å². The number of hydrogen-bond acceptors (Lipinski definition) is 2. The third-order valence-electron chi connectivity index (χ3n) is 1.27. The van der Waals surface area contributed by atoms with Gasteiger partial charge in [0, 0.05) is 11.0 Å². The molecule has 10 heavy (non-hydrogen) atoms. The van der Waals surface area contributed by atoms with E-state index < -0.39 is 0 Å². The highest BCUT2D eigenvalue weighted by molar-refractivity contribution is 9.08. The second kappa shape index (κ2) is 2.92. The van der Waals surface area contributed by atoms with Gasteiger partial charge in [0.1, 0.15) is 5.75 Å². The van der Waals surface area contributed by atoms with Gasteiger partial charge in [0.15, 0.2) is 0 Å². The van der Waals surface area contributed by atoms with Gasteiger partial charge in [-0.2, -0.15) is 0 Å². The molecule has 0 aliphatic heterocycles. The second-order valence-corrected chi connectivity index (χ2v) is 2.58. The zero-order valence-electron chi connectivity index (χ0n) is 5.34. The highest BCUT2D eigenvalue weighted by atomic mass is 79.9. The number of anilines is 1. The fourth-order valence-corrected chi connectivity index (χ4v) is 1.19. The van der Waals surface area contributed by atoms with E-state index in [9.17, 15) is 0 Å². The summed E-state index contributed by atoms with van der Waals surface area (Å²) < 4.78 is 0. The molecule has 0 aromatic heterocycles. The number of phenolic OH excluding ortho intramolecular Hbond substituents is 1. The molecule has 1 aromatic carbocycles. The number of alkyl halides is 1. The van der Waals surface area contributed by atoms with Gasteiger partial charge in [-0.25, -0.2) is 0 Å². The second-order valence-electron chi connectivity index (χ2n) is 2.02. The standard InChI is InChI=1S/C7H8BrNO/c8-4-5-3-6(10)1-2-7(5)9/h1-3,10H,4,9H2. The summed E-state index contributed by atoms with van der Waals surface area (Å²) in [5.74, 6) is 0.253. The summed E-state index contributed by atoms with van der Waals surface area (Å²) in [4.78, 5) is 0. The summed E-state index contributed by atoms with van der Waals surface area (Å²) in [7, 11) is 0. The first-order valence-electron chi connectivity index (χ1n) is 2.87. The van der Waals surface area contributed by atoms with E-state index in [4.69, 9.17) is 10.8 Å². The molecule has 54 valence electrons. The van der Waals surface area contributed by atoms with Crippen LogP contribution < -0.4 is 5.73 Å². The Balaban J connectivity index is 3.09. The fraction of sp³-hybridized carbons (Fsp3) is 0.143. The highest BCUT2D eigenvalue weighted by Gasteiger charge is 1.96. The van der Waals surface area contributed by atoms with Crippen molar-refractivity contribution in [2.24, 2.45) is 0 Å². The van der Waals surface area contributed by atoms with E-state index in [1.54, 1.807) is 18.2 Å². The summed E-state index contributed by atoms with van der Waals surface area (Å²) in [5.41, 5.74) is 7.18. The molecular formula is C7H8BrNO. The summed E-state index contributed by atoms with van der Waals surface area (Å²) in [6, 6.07) is 4.90. The van der Waals surface area contributed by atoms with Gasteiger partial charge in [-0.1, -0.05) is 15.9 Å². The van der Waals surface area contributed by atoms with Crippen molar-refractivity contribution in [1.29, 1.82) is 0 Å². The minimum absolute atomic E-state index is 0.253. The van der Waals surface area contributed by atoms with Gasteiger partial charge in [0.05, 0.1) is 0 Å². The molecule has 0 aliphatic carbocycles. The predicted molar refractivity (Wildman–Crippen MR) is 45.2 cm³/mol. The van der Waals surface area contributed by atoms with Crippen LogP contribution >= 0.6 is 15.9 Å². The van der Waals surface area contributed by atoms with Crippen LogP contribution in [0.2, 0.25) is 0 Å². The Bertz CT molecular complexity index is 237. The van der Waals surface area contributed by atoms with E-state index in [1.165, 1.54) is 0 Å². The van der Waals surface area contributed by atoms with E-state index in [1.807, 2.05) is 0 Å². The van der Waals surface area contributed by atoms with Crippen molar-refractivity contribution < 1.29 is 5.11 Å². The Kier molecular flexibility index (Phi) is 2.17. The molecule has 2 nitrogen and oxygen atoms in total. The quantitative estimate of drug-likeness (QED) is 0.414. The molecule has 0 saturated carbocycles. The molecule has 0 heterocycles. The Morgan fingerprint density at radius 2 is 2.20 bits per heavy atom. The smallest absolute Gasteiger partial charge is 0.116 e. The average Bonchev–Trinajstić information content (AvgIpc) is 1.94. The zero-order valence-corrected chi connectivity index (χ0v) is 6.93. The molecule has 0 aliphatic rings. The summed E-state index contributed by atoms with van der Waals surface area (Å²) >= 11 is 3.25. The first-order valence-corrected chi connectivity index (χ1v) is 3.99. The van der Waals surface area contributed by atoms with Crippen LogP contribution in [0.3, 0.4) is 0 Å². The topological polar surface area (TPSA) is 46.2 Å². The molecule has 0 atom stereocenters. The lowest BCUT2D eigenvalue weighted by Gasteiger charge is -2.00. The van der Waals surface area contributed by atoms with Crippen LogP contribution in [0.5, 0.6) is 5.75 Å². The summed E-state index contributed by atoms with van der Waals surface area (Å²) in [6.07, 6.45) is 0. The van der Waals surface area contributed by atoms with Crippen LogP contribution in [0.1, 0.15) is 5.56 Å². The van der Waals surface area contributed by atoms with Crippen LogP contribution in [-0.2, 0) is 5.33 Å². The van der Waals surface area contributed by atoms with Crippen molar-refractivity contribution in [1.82, 2.24) is 0 Å². The molecule has 0 unspecified atom stereocenters. The number of halogens is 1. The lowest BCUT2D eigenvalue weighted by Crippen LogP contribution is -1.89. The average molecular weight is 202 g/mol. The van der Waals surface area contributed by atoms with E-state index in [2.05, 4.69) is 15.9 Å². The molecule has 3 N–H and O–H groups in total. The molecule has 0 amide bonds. The monoisotopic (exact) mass is 201 g/mol. The van der Waals surface area contributed by atoms with Crippen LogP contribution in [0, 0.1) is 0 Å². The van der Waals surface area contributed by atoms with Crippen molar-refractivity contribution in [2.45, 2.75) is 5.33 Å². The number of hydrogen-bond donors (Lipinski definition) is 2. The lowest BCUT2D eigenvalue weighted by atomic mass is 10.2. The molecule has 3 heteroatoms. The predicted octanol–water partition coefficient (Wildman–Crippen LogP) is 1.87. The Morgan fingerprint density at radius 1 is 1.50 bits per heavy atom. The Morgan fingerprint density at radius 3 is 2.70 bits per heavy atom. The van der Waals surface area contributed by atoms with Crippen molar-refractivity contribution in [3.63, 3.8) is 0 Å². The van der Waals surface area contributed by atoms with Crippen LogP contribution in [0.4, 0.5) is 5.69 Å². The number of rotatable bonds is 1.